The Morgan fingerprint density at radius 1 is 0.920 bits per heavy atom. The lowest BCUT2D eigenvalue weighted by Crippen LogP contribution is -2.04. The van der Waals surface area contributed by atoms with Gasteiger partial charge in [-0.1, -0.05) is 6.58 Å². The van der Waals surface area contributed by atoms with Crippen molar-refractivity contribution in [3.05, 3.63) is 95.7 Å². The van der Waals surface area contributed by atoms with Crippen LogP contribution in [-0.4, -0.2) is 6.26 Å². The molecule has 6 heteroatoms. The topological polar surface area (TPSA) is 0 Å². The first-order valence-corrected chi connectivity index (χ1v) is 9.14. The molecule has 0 nitrogen and oxygen atoms in total. The van der Waals surface area contributed by atoms with Crippen molar-refractivity contribution in [3.8, 4) is 0 Å². The summed E-state index contributed by atoms with van der Waals surface area (Å²) >= 11 is 0. The zero-order valence-electron chi connectivity index (χ0n) is 13.3. The van der Waals surface area contributed by atoms with Gasteiger partial charge in [0.25, 0.3) is 0 Å². The largest absolute Gasteiger partial charge is 0.216 e. The summed E-state index contributed by atoms with van der Waals surface area (Å²) in [5.41, 5.74) is 0. The predicted molar refractivity (Wildman–Crippen MR) is 91.4 cm³/mol. The lowest BCUT2D eigenvalue weighted by molar-refractivity contribution is 0.577. The van der Waals surface area contributed by atoms with Gasteiger partial charge in [0.2, 0.25) is 0 Å². The van der Waals surface area contributed by atoms with Crippen LogP contribution in [0.15, 0.2) is 88.0 Å². The van der Waals surface area contributed by atoms with Crippen molar-refractivity contribution in [2.24, 2.45) is 0 Å². The molecule has 1 atom stereocenters. The van der Waals surface area contributed by atoms with Crippen LogP contribution >= 0.6 is 10.0 Å². The van der Waals surface area contributed by atoms with Gasteiger partial charge in [-0.2, -0.15) is 10.0 Å². The number of halogens is 5. The van der Waals surface area contributed by atoms with Gasteiger partial charge in [0.05, 0.1) is 6.33 Å². The van der Waals surface area contributed by atoms with E-state index in [1.54, 1.807) is 6.26 Å². The van der Waals surface area contributed by atoms with E-state index in [1.165, 1.54) is 24.3 Å². The molecule has 0 amide bonds. The summed E-state index contributed by atoms with van der Waals surface area (Å²) in [6.45, 7) is 3.13. The third-order valence-corrected chi connectivity index (χ3v) is 7.18. The van der Waals surface area contributed by atoms with Crippen molar-refractivity contribution < 1.29 is 22.0 Å². The van der Waals surface area contributed by atoms with Crippen molar-refractivity contribution in [2.75, 3.05) is 6.26 Å². The van der Waals surface area contributed by atoms with Crippen molar-refractivity contribution >= 4 is 10.0 Å². The summed E-state index contributed by atoms with van der Waals surface area (Å²) in [6, 6.07) is 8.11. The number of hydrogen-bond donors (Lipinski definition) is 0. The van der Waals surface area contributed by atoms with Crippen molar-refractivity contribution in [3.63, 3.8) is 0 Å². The highest BCUT2D eigenvalue weighted by Crippen LogP contribution is 2.66. The van der Waals surface area contributed by atoms with E-state index >= 15 is 0 Å². The van der Waals surface area contributed by atoms with Gasteiger partial charge in [0, 0.05) is 15.9 Å². The minimum Gasteiger partial charge on any atom is -0.216 e. The molecule has 2 rings (SSSR count). The molecular weight excluding hydrogens is 355 g/mol. The van der Waals surface area contributed by atoms with E-state index in [9.17, 15) is 22.0 Å². The minimum atomic E-state index is -2.47. The quantitative estimate of drug-likeness (QED) is 0.401. The Bertz CT molecular complexity index is 819. The maximum absolute atomic E-state index is 13.8. The SMILES string of the molecule is C=C(F)/C=C(\C=C\F)S(C)(c1ccc(F)cc1)c1cc(F)cc(F)c1. The first-order chi connectivity index (χ1) is 11.8. The molecule has 1 unspecified atom stereocenters. The molecule has 0 bridgehead atoms. The molecule has 0 fully saturated rings. The second kappa shape index (κ2) is 7.70. The molecular formula is C19H15F5S. The predicted octanol–water partition coefficient (Wildman–Crippen LogP) is 6.81. The highest BCUT2D eigenvalue weighted by atomic mass is 32.3. The first-order valence-electron chi connectivity index (χ1n) is 7.10. The van der Waals surface area contributed by atoms with Gasteiger partial charge in [-0.05, 0) is 59.7 Å². The van der Waals surface area contributed by atoms with E-state index in [2.05, 4.69) is 6.58 Å². The molecule has 0 aliphatic carbocycles. The van der Waals surface area contributed by atoms with Crippen LogP contribution in [0.25, 0.3) is 0 Å². The molecule has 2 aromatic rings. The molecule has 0 aliphatic rings. The summed E-state index contributed by atoms with van der Waals surface area (Å²) in [5, 5.41) is 0. The Hall–Kier alpha value is -2.34. The maximum Gasteiger partial charge on any atom is 0.127 e. The number of rotatable bonds is 5. The molecule has 0 N–H and O–H groups in total. The van der Waals surface area contributed by atoms with Crippen LogP contribution in [0.3, 0.4) is 0 Å². The lowest BCUT2D eigenvalue weighted by atomic mass is 10.3. The van der Waals surface area contributed by atoms with Crippen molar-refractivity contribution in [1.29, 1.82) is 0 Å². The van der Waals surface area contributed by atoms with Crippen LogP contribution in [-0.2, 0) is 0 Å². The molecule has 0 aliphatic heterocycles. The molecule has 0 saturated carbocycles. The standard InChI is InChI=1S/C19H15F5S/c1-13(21)9-18(7-8-20)25(2,17-5-3-14(22)4-6-17)19-11-15(23)10-16(24)12-19/h3-12H,1H2,2H3/b8-7+,18-9+. The lowest BCUT2D eigenvalue weighted by Gasteiger charge is -2.38. The minimum absolute atomic E-state index is 0.138. The zero-order chi connectivity index (χ0) is 18.6. The fourth-order valence-corrected chi connectivity index (χ4v) is 5.28. The maximum atomic E-state index is 13.8. The molecule has 0 radical (unpaired) electrons. The molecule has 0 heterocycles. The average Bonchev–Trinajstić information content (AvgIpc) is 2.53. The van der Waals surface area contributed by atoms with Gasteiger partial charge < -0.3 is 0 Å². The molecule has 0 aromatic heterocycles. The molecule has 25 heavy (non-hydrogen) atoms. The number of hydrogen-bond acceptors (Lipinski definition) is 0. The Kier molecular flexibility index (Phi) is 5.85. The summed E-state index contributed by atoms with van der Waals surface area (Å²) in [4.78, 5) is 0.811. The van der Waals surface area contributed by atoms with Crippen LogP contribution < -0.4 is 0 Å². The Morgan fingerprint density at radius 3 is 1.96 bits per heavy atom. The molecule has 132 valence electrons. The van der Waals surface area contributed by atoms with E-state index in [1.807, 2.05) is 0 Å². The summed E-state index contributed by atoms with van der Waals surface area (Å²) < 4.78 is 67.2. The van der Waals surface area contributed by atoms with Crippen LogP contribution in [0, 0.1) is 17.5 Å². The Balaban J connectivity index is 2.82. The second-order valence-electron chi connectivity index (χ2n) is 5.26. The van der Waals surface area contributed by atoms with Gasteiger partial charge in [-0.25, -0.2) is 22.0 Å². The van der Waals surface area contributed by atoms with Crippen LogP contribution in [0.5, 0.6) is 0 Å². The highest BCUT2D eigenvalue weighted by Gasteiger charge is 2.28. The summed E-state index contributed by atoms with van der Waals surface area (Å²) in [6.07, 6.45) is 3.83. The van der Waals surface area contributed by atoms with E-state index in [4.69, 9.17) is 0 Å². The van der Waals surface area contributed by atoms with E-state index in [-0.39, 0.29) is 16.1 Å². The first kappa shape index (κ1) is 19.0. The van der Waals surface area contributed by atoms with Gasteiger partial charge in [0.15, 0.2) is 0 Å². The van der Waals surface area contributed by atoms with Gasteiger partial charge >= 0.3 is 0 Å². The summed E-state index contributed by atoms with van der Waals surface area (Å²) in [7, 11) is -2.47. The van der Waals surface area contributed by atoms with Gasteiger partial charge in [0.1, 0.15) is 23.3 Å². The van der Waals surface area contributed by atoms with E-state index < -0.39 is 33.3 Å². The van der Waals surface area contributed by atoms with Gasteiger partial charge in [-0.3, -0.25) is 0 Å². The van der Waals surface area contributed by atoms with E-state index in [0.29, 0.717) is 11.0 Å². The number of benzene rings is 2. The molecule has 0 spiro atoms. The van der Waals surface area contributed by atoms with Gasteiger partial charge in [-0.15, -0.1) is 0 Å². The number of allylic oxidation sites excluding steroid dienone is 3. The molecule has 0 saturated heterocycles. The van der Waals surface area contributed by atoms with Crippen LogP contribution in [0.1, 0.15) is 0 Å². The highest BCUT2D eigenvalue weighted by molar-refractivity contribution is 8.36. The normalized spacial score (nSPS) is 15.8. The monoisotopic (exact) mass is 370 g/mol. The van der Waals surface area contributed by atoms with Crippen LogP contribution in [0.4, 0.5) is 22.0 Å². The smallest absolute Gasteiger partial charge is 0.127 e. The Morgan fingerprint density at radius 2 is 1.48 bits per heavy atom. The average molecular weight is 370 g/mol. The molecule has 2 aromatic carbocycles. The van der Waals surface area contributed by atoms with E-state index in [0.717, 1.165) is 24.3 Å². The fraction of sp³-hybridized carbons (Fsp3) is 0.0526. The third-order valence-electron chi connectivity index (χ3n) is 3.59. The van der Waals surface area contributed by atoms with Crippen LogP contribution in [0.2, 0.25) is 0 Å². The van der Waals surface area contributed by atoms with Crippen molar-refractivity contribution in [2.45, 2.75) is 9.79 Å². The summed E-state index contributed by atoms with van der Waals surface area (Å²) in [5.74, 6) is -2.99. The zero-order valence-corrected chi connectivity index (χ0v) is 14.1. The third kappa shape index (κ3) is 4.20. The Labute approximate surface area is 144 Å². The fourth-order valence-electron chi connectivity index (χ4n) is 2.40. The van der Waals surface area contributed by atoms with Crippen molar-refractivity contribution in [1.82, 2.24) is 0 Å². The second-order valence-corrected chi connectivity index (χ2v) is 8.52.